The second kappa shape index (κ2) is 16.3. The van der Waals surface area contributed by atoms with Crippen LogP contribution in [0.4, 0.5) is 0 Å². The zero-order valence-electron chi connectivity index (χ0n) is 28.5. The number of hydrogen-bond acceptors (Lipinski definition) is 6. The molecule has 4 aromatic rings. The number of hydrogen-bond donors (Lipinski definition) is 4. The standard InChI is InChI=1S/C38H43N7O5/c1-24(2)18-30(34(46)38(3)23-50-38)41-35(47)31(19-25-12-6-4-7-13-25)42-36(48)32(21-27-22-40-29-17-11-10-16-28(27)29)43-37(49)33(44-45-39)20-26-14-8-5-9-15-26/h4-17,22,24,30-33,40H,18-21,23H2,1-3H3,(H,41,47)(H,42,48)(H,43,49)/t30-,31-,32-,33?,38+/m0/s1. The van der Waals surface area contributed by atoms with Crippen molar-refractivity contribution in [3.05, 3.63) is 118 Å². The number of carbonyl (C=O) groups excluding carboxylic acids is 4. The molecule has 1 aliphatic heterocycles. The maximum atomic E-state index is 14.2. The molecule has 12 nitrogen and oxygen atoms in total. The first-order chi connectivity index (χ1) is 24.1. The molecule has 1 unspecified atom stereocenters. The lowest BCUT2D eigenvalue weighted by Crippen LogP contribution is -2.58. The lowest BCUT2D eigenvalue weighted by molar-refractivity contribution is -0.134. The largest absolute Gasteiger partial charge is 0.361 e. The van der Waals surface area contributed by atoms with Crippen molar-refractivity contribution in [2.45, 2.75) is 76.2 Å². The number of ketones is 1. The van der Waals surface area contributed by atoms with E-state index in [1.165, 1.54) is 0 Å². The molecule has 260 valence electrons. The van der Waals surface area contributed by atoms with Gasteiger partial charge in [0.2, 0.25) is 17.7 Å². The van der Waals surface area contributed by atoms with Gasteiger partial charge in [0.1, 0.15) is 23.7 Å². The molecule has 4 N–H and O–H groups in total. The molecule has 2 heterocycles. The molecular formula is C38H43N7O5. The Morgan fingerprint density at radius 1 is 0.800 bits per heavy atom. The number of carbonyl (C=O) groups is 4. The van der Waals surface area contributed by atoms with E-state index in [1.54, 1.807) is 13.1 Å². The Bertz CT molecular complexity index is 1850. The number of nitrogens with zero attached hydrogens (tertiary/aromatic N) is 3. The molecule has 0 aliphatic carbocycles. The zero-order chi connectivity index (χ0) is 35.7. The first-order valence-electron chi connectivity index (χ1n) is 16.8. The number of aromatic nitrogens is 1. The van der Waals surface area contributed by atoms with E-state index in [0.29, 0.717) is 6.42 Å². The van der Waals surface area contributed by atoms with Gasteiger partial charge in [-0.1, -0.05) is 97.8 Å². The first-order valence-corrected chi connectivity index (χ1v) is 16.8. The average Bonchev–Trinajstić information content (AvgIpc) is 3.74. The zero-order valence-corrected chi connectivity index (χ0v) is 28.5. The highest BCUT2D eigenvalue weighted by molar-refractivity contribution is 5.99. The van der Waals surface area contributed by atoms with Gasteiger partial charge in [-0.25, -0.2) is 0 Å². The van der Waals surface area contributed by atoms with Crippen molar-refractivity contribution < 1.29 is 23.9 Å². The Hall–Kier alpha value is -5.45. The molecule has 0 spiro atoms. The summed E-state index contributed by atoms with van der Waals surface area (Å²) in [6.07, 6.45) is 2.53. The topological polar surface area (TPSA) is 181 Å². The minimum absolute atomic E-state index is 0.0831. The second-order valence-electron chi connectivity index (χ2n) is 13.4. The quantitative estimate of drug-likeness (QED) is 0.0545. The van der Waals surface area contributed by atoms with Crippen LogP contribution in [0.3, 0.4) is 0 Å². The summed E-state index contributed by atoms with van der Waals surface area (Å²) in [5.41, 5.74) is 11.6. The Balaban J connectivity index is 1.42. The van der Waals surface area contributed by atoms with E-state index in [2.05, 4.69) is 31.0 Å². The molecular weight excluding hydrogens is 634 g/mol. The van der Waals surface area contributed by atoms with Crippen molar-refractivity contribution in [1.29, 1.82) is 0 Å². The summed E-state index contributed by atoms with van der Waals surface area (Å²) in [7, 11) is 0. The van der Waals surface area contributed by atoms with E-state index in [-0.39, 0.29) is 37.6 Å². The summed E-state index contributed by atoms with van der Waals surface area (Å²) in [4.78, 5) is 61.4. The number of Topliss-reactive ketones (excluding diaryl/α,β-unsaturated/α-hetero) is 1. The fraction of sp³-hybridized carbons (Fsp3) is 0.368. The Morgan fingerprint density at radius 2 is 1.34 bits per heavy atom. The number of fused-ring (bicyclic) bond motifs is 1. The number of benzene rings is 3. The van der Waals surface area contributed by atoms with Crippen LogP contribution in [-0.2, 0) is 43.2 Å². The normalized spacial score (nSPS) is 17.5. The van der Waals surface area contributed by atoms with Crippen molar-refractivity contribution in [3.8, 4) is 0 Å². The van der Waals surface area contributed by atoms with Gasteiger partial charge in [0.25, 0.3) is 0 Å². The van der Waals surface area contributed by atoms with E-state index < -0.39 is 47.5 Å². The molecule has 5 rings (SSSR count). The second-order valence-corrected chi connectivity index (χ2v) is 13.4. The molecule has 1 aromatic heterocycles. The van der Waals surface area contributed by atoms with Gasteiger partial charge in [-0.15, -0.1) is 0 Å². The highest BCUT2D eigenvalue weighted by Crippen LogP contribution is 2.30. The monoisotopic (exact) mass is 677 g/mol. The number of epoxide rings is 1. The van der Waals surface area contributed by atoms with Gasteiger partial charge in [0.05, 0.1) is 12.6 Å². The Morgan fingerprint density at radius 3 is 1.94 bits per heavy atom. The molecule has 3 amide bonds. The minimum Gasteiger partial charge on any atom is -0.361 e. The van der Waals surface area contributed by atoms with E-state index in [0.717, 1.165) is 27.6 Å². The van der Waals surface area contributed by atoms with Crippen molar-refractivity contribution in [2.75, 3.05) is 6.61 Å². The fourth-order valence-corrected chi connectivity index (χ4v) is 6.01. The van der Waals surface area contributed by atoms with Crippen LogP contribution in [0.2, 0.25) is 0 Å². The van der Waals surface area contributed by atoms with Gasteiger partial charge in [0.15, 0.2) is 5.78 Å². The van der Waals surface area contributed by atoms with Crippen LogP contribution in [0.5, 0.6) is 0 Å². The van der Waals surface area contributed by atoms with Crippen molar-refractivity contribution in [1.82, 2.24) is 20.9 Å². The Kier molecular flexibility index (Phi) is 11.7. The van der Waals surface area contributed by atoms with E-state index >= 15 is 0 Å². The van der Waals surface area contributed by atoms with E-state index in [1.807, 2.05) is 98.8 Å². The fourth-order valence-electron chi connectivity index (χ4n) is 6.01. The molecule has 12 heteroatoms. The molecule has 1 aliphatic rings. The molecule has 1 fully saturated rings. The molecule has 0 radical (unpaired) electrons. The highest BCUT2D eigenvalue weighted by atomic mass is 16.6. The van der Waals surface area contributed by atoms with E-state index in [4.69, 9.17) is 4.74 Å². The number of para-hydroxylation sites is 1. The summed E-state index contributed by atoms with van der Waals surface area (Å²) in [5.74, 6) is -1.88. The number of ether oxygens (including phenoxy) is 1. The predicted octanol–water partition coefficient (Wildman–Crippen LogP) is 4.73. The van der Waals surface area contributed by atoms with Crippen LogP contribution in [0.25, 0.3) is 21.3 Å². The van der Waals surface area contributed by atoms with Gasteiger partial charge in [-0.3, -0.25) is 19.2 Å². The highest BCUT2D eigenvalue weighted by Gasteiger charge is 2.50. The molecule has 1 saturated heterocycles. The predicted molar refractivity (Wildman–Crippen MR) is 190 cm³/mol. The summed E-state index contributed by atoms with van der Waals surface area (Å²) in [6, 6.07) is 21.8. The third kappa shape index (κ3) is 9.37. The maximum absolute atomic E-state index is 14.2. The summed E-state index contributed by atoms with van der Waals surface area (Å²) in [5, 5.41) is 13.2. The third-order valence-corrected chi connectivity index (χ3v) is 8.85. The van der Waals surface area contributed by atoms with Gasteiger partial charge < -0.3 is 25.7 Å². The smallest absolute Gasteiger partial charge is 0.243 e. The summed E-state index contributed by atoms with van der Waals surface area (Å²) in [6.45, 7) is 5.92. The molecule has 0 saturated carbocycles. The summed E-state index contributed by atoms with van der Waals surface area (Å²) >= 11 is 0. The number of nitrogens with one attached hydrogen (secondary N) is 4. The molecule has 5 atom stereocenters. The summed E-state index contributed by atoms with van der Waals surface area (Å²) < 4.78 is 5.40. The Labute approximate surface area is 291 Å². The molecule has 3 aromatic carbocycles. The SMILES string of the molecule is CC(C)C[C@H](NC(=O)[C@H](Cc1ccccc1)NC(=O)[C@H](Cc1c[nH]c2ccccc12)NC(=O)C(Cc1ccccc1)N=[N+]=[N-])C(=O)[C@@]1(C)CO1. The van der Waals surface area contributed by atoms with Gasteiger partial charge in [0, 0.05) is 34.9 Å². The lowest BCUT2D eigenvalue weighted by atomic mass is 9.93. The van der Waals surface area contributed by atoms with Crippen LogP contribution in [0.1, 0.15) is 43.9 Å². The van der Waals surface area contributed by atoms with E-state index in [9.17, 15) is 24.7 Å². The van der Waals surface area contributed by atoms with Crippen LogP contribution >= 0.6 is 0 Å². The number of H-pyrrole nitrogens is 1. The number of amides is 3. The van der Waals surface area contributed by atoms with Crippen LogP contribution < -0.4 is 16.0 Å². The lowest BCUT2D eigenvalue weighted by Gasteiger charge is -2.27. The van der Waals surface area contributed by atoms with Crippen molar-refractivity contribution in [2.24, 2.45) is 11.0 Å². The average molecular weight is 678 g/mol. The number of aromatic amines is 1. The van der Waals surface area contributed by atoms with Gasteiger partial charge in [-0.05, 0) is 54.0 Å². The van der Waals surface area contributed by atoms with Crippen molar-refractivity contribution >= 4 is 34.4 Å². The molecule has 0 bridgehead atoms. The van der Waals surface area contributed by atoms with Crippen LogP contribution in [-0.4, -0.2) is 64.9 Å². The van der Waals surface area contributed by atoms with Gasteiger partial charge >= 0.3 is 0 Å². The number of azide groups is 1. The maximum Gasteiger partial charge on any atom is 0.243 e. The van der Waals surface area contributed by atoms with Crippen molar-refractivity contribution in [3.63, 3.8) is 0 Å². The van der Waals surface area contributed by atoms with Crippen LogP contribution in [0.15, 0.2) is 96.2 Å². The van der Waals surface area contributed by atoms with Gasteiger partial charge in [-0.2, -0.15) is 0 Å². The number of rotatable bonds is 17. The van der Waals surface area contributed by atoms with Crippen LogP contribution in [0, 0.1) is 5.92 Å². The third-order valence-electron chi connectivity index (χ3n) is 8.85. The minimum atomic E-state index is -1.15. The first kappa shape index (κ1) is 35.8. The molecule has 50 heavy (non-hydrogen) atoms.